The largest absolute Gasteiger partial charge is 0.417 e. The van der Waals surface area contributed by atoms with E-state index in [-0.39, 0.29) is 0 Å². The van der Waals surface area contributed by atoms with Gasteiger partial charge in [-0.25, -0.2) is 15.0 Å². The van der Waals surface area contributed by atoms with Crippen molar-refractivity contribution >= 4 is 11.5 Å². The zero-order chi connectivity index (χ0) is 20.7. The molecule has 0 amide bonds. The van der Waals surface area contributed by atoms with Crippen molar-refractivity contribution in [3.63, 3.8) is 0 Å². The van der Waals surface area contributed by atoms with Crippen LogP contribution in [0.25, 0.3) is 17.2 Å². The molecule has 30 heavy (non-hydrogen) atoms. The molecule has 10 heteroatoms. The van der Waals surface area contributed by atoms with Crippen LogP contribution in [0.4, 0.5) is 19.0 Å². The molecule has 0 aliphatic carbocycles. The third-order valence-corrected chi connectivity index (χ3v) is 5.41. The van der Waals surface area contributed by atoms with E-state index in [4.69, 9.17) is 0 Å². The number of fused-ring (bicyclic) bond motifs is 1. The zero-order valence-electron chi connectivity index (χ0n) is 15.8. The van der Waals surface area contributed by atoms with Crippen LogP contribution in [0.15, 0.2) is 49.1 Å². The van der Waals surface area contributed by atoms with Crippen LogP contribution in [0, 0.1) is 0 Å². The van der Waals surface area contributed by atoms with Crippen molar-refractivity contribution in [1.82, 2.24) is 29.5 Å². The first-order chi connectivity index (χ1) is 14.5. The molecule has 1 aliphatic rings. The molecule has 1 unspecified atom stereocenters. The van der Waals surface area contributed by atoms with E-state index in [1.165, 1.54) is 16.7 Å². The molecule has 0 radical (unpaired) electrons. The Morgan fingerprint density at radius 2 is 1.97 bits per heavy atom. The second kappa shape index (κ2) is 7.12. The smallest absolute Gasteiger partial charge is 0.356 e. The Morgan fingerprint density at radius 1 is 1.07 bits per heavy atom. The minimum atomic E-state index is -4.44. The molecule has 0 saturated carbocycles. The predicted octanol–water partition coefficient (Wildman–Crippen LogP) is 3.92. The molecule has 1 fully saturated rings. The molecule has 1 aliphatic heterocycles. The van der Waals surface area contributed by atoms with Gasteiger partial charge in [-0.1, -0.05) is 0 Å². The van der Waals surface area contributed by atoms with Crippen molar-refractivity contribution in [2.45, 2.75) is 24.9 Å². The second-order valence-electron chi connectivity index (χ2n) is 7.32. The van der Waals surface area contributed by atoms with Gasteiger partial charge in [0.05, 0.1) is 11.8 Å². The standard InChI is InChI=1S/C20H18F3N7/c21-20(22,23)14-3-4-17-25-10-16(30(17)12-14)19-24-7-6-18(27-19)29-9-1-2-13(11-29)15-5-8-26-28-15/h3-8,10,12-13H,1-2,9,11H2,(H,26,28). The summed E-state index contributed by atoms with van der Waals surface area (Å²) >= 11 is 0. The number of H-pyrrole nitrogens is 1. The number of halogens is 3. The van der Waals surface area contributed by atoms with Crippen LogP contribution in [-0.4, -0.2) is 42.6 Å². The molecule has 4 aromatic rings. The van der Waals surface area contributed by atoms with Crippen LogP contribution in [-0.2, 0) is 6.18 Å². The Labute approximate surface area is 169 Å². The van der Waals surface area contributed by atoms with Crippen LogP contribution in [0.3, 0.4) is 0 Å². The molecule has 4 aromatic heterocycles. The summed E-state index contributed by atoms with van der Waals surface area (Å²) < 4.78 is 40.8. The summed E-state index contributed by atoms with van der Waals surface area (Å²) in [5, 5.41) is 7.07. The maximum Gasteiger partial charge on any atom is 0.417 e. The first kappa shape index (κ1) is 18.6. The quantitative estimate of drug-likeness (QED) is 0.551. The summed E-state index contributed by atoms with van der Waals surface area (Å²) in [7, 11) is 0. The highest BCUT2D eigenvalue weighted by Crippen LogP contribution is 2.31. The van der Waals surface area contributed by atoms with Crippen molar-refractivity contribution < 1.29 is 13.2 Å². The minimum absolute atomic E-state index is 0.324. The number of nitrogens with one attached hydrogen (secondary N) is 1. The average Bonchev–Trinajstić information content (AvgIpc) is 3.43. The van der Waals surface area contributed by atoms with Gasteiger partial charge in [-0.3, -0.25) is 9.50 Å². The summed E-state index contributed by atoms with van der Waals surface area (Å²) in [5.41, 5.74) is 1.17. The fourth-order valence-corrected chi connectivity index (χ4v) is 3.90. The van der Waals surface area contributed by atoms with Gasteiger partial charge in [0.25, 0.3) is 0 Å². The highest BCUT2D eigenvalue weighted by molar-refractivity contribution is 5.59. The molecule has 1 atom stereocenters. The lowest BCUT2D eigenvalue weighted by Crippen LogP contribution is -2.35. The summed E-state index contributed by atoms with van der Waals surface area (Å²) in [6.07, 6.45) is 3.54. The predicted molar refractivity (Wildman–Crippen MR) is 104 cm³/mol. The Balaban J connectivity index is 1.48. The maximum atomic E-state index is 13.1. The lowest BCUT2D eigenvalue weighted by molar-refractivity contribution is -0.137. The summed E-state index contributed by atoms with van der Waals surface area (Å²) in [6, 6.07) is 6.17. The number of nitrogens with zero attached hydrogens (tertiary/aromatic N) is 6. The molecule has 0 aromatic carbocycles. The van der Waals surface area contributed by atoms with E-state index < -0.39 is 11.7 Å². The third kappa shape index (κ3) is 3.38. The van der Waals surface area contributed by atoms with Crippen LogP contribution in [0.1, 0.15) is 30.0 Å². The molecular formula is C20H18F3N7. The monoisotopic (exact) mass is 413 g/mol. The van der Waals surface area contributed by atoms with Crippen LogP contribution < -0.4 is 4.90 Å². The topological polar surface area (TPSA) is 75.0 Å². The van der Waals surface area contributed by atoms with Crippen molar-refractivity contribution in [3.05, 3.63) is 60.3 Å². The number of anilines is 1. The Morgan fingerprint density at radius 3 is 2.77 bits per heavy atom. The Kier molecular flexibility index (Phi) is 4.41. The molecule has 1 saturated heterocycles. The number of imidazole rings is 1. The normalized spacial score (nSPS) is 17.6. The fraction of sp³-hybridized carbons (Fsp3) is 0.300. The summed E-state index contributed by atoms with van der Waals surface area (Å²) in [4.78, 5) is 15.3. The van der Waals surface area contributed by atoms with Gasteiger partial charge in [-0.2, -0.15) is 18.3 Å². The van der Waals surface area contributed by atoms with Crippen LogP contribution in [0.5, 0.6) is 0 Å². The van der Waals surface area contributed by atoms with E-state index >= 15 is 0 Å². The van der Waals surface area contributed by atoms with E-state index in [1.807, 2.05) is 12.1 Å². The molecule has 1 N–H and O–H groups in total. The second-order valence-corrected chi connectivity index (χ2v) is 7.32. The van der Waals surface area contributed by atoms with E-state index in [1.54, 1.807) is 12.4 Å². The lowest BCUT2D eigenvalue weighted by atomic mass is 9.95. The van der Waals surface area contributed by atoms with Gasteiger partial charge in [0.2, 0.25) is 0 Å². The molecule has 0 spiro atoms. The Bertz CT molecular complexity index is 1170. The van der Waals surface area contributed by atoms with Gasteiger partial charge in [-0.15, -0.1) is 0 Å². The van der Waals surface area contributed by atoms with E-state index in [0.717, 1.165) is 49.7 Å². The first-order valence-corrected chi connectivity index (χ1v) is 9.61. The SMILES string of the molecule is FC(F)(F)c1ccc2ncc(-c3nccc(N4CCCC(c5ccn[nH]5)C4)n3)n2c1. The van der Waals surface area contributed by atoms with Gasteiger partial charge in [-0.05, 0) is 37.1 Å². The summed E-state index contributed by atoms with van der Waals surface area (Å²) in [6.45, 7) is 1.64. The number of hydrogen-bond acceptors (Lipinski definition) is 5. The molecule has 5 heterocycles. The number of aromatic nitrogens is 6. The number of hydrogen-bond donors (Lipinski definition) is 1. The first-order valence-electron chi connectivity index (χ1n) is 9.61. The highest BCUT2D eigenvalue weighted by Gasteiger charge is 2.31. The minimum Gasteiger partial charge on any atom is -0.356 e. The Hall–Kier alpha value is -3.43. The fourth-order valence-electron chi connectivity index (χ4n) is 3.90. The molecule has 0 bridgehead atoms. The number of aromatic amines is 1. The molecule has 154 valence electrons. The van der Waals surface area contributed by atoms with Gasteiger partial charge in [0, 0.05) is 43.3 Å². The number of rotatable bonds is 3. The average molecular weight is 413 g/mol. The lowest BCUT2D eigenvalue weighted by Gasteiger charge is -2.33. The molecule has 5 rings (SSSR count). The number of pyridine rings is 1. The van der Waals surface area contributed by atoms with Crippen LogP contribution >= 0.6 is 0 Å². The van der Waals surface area contributed by atoms with E-state index in [0.29, 0.717) is 23.1 Å². The van der Waals surface area contributed by atoms with Gasteiger partial charge in [0.1, 0.15) is 17.2 Å². The van der Waals surface area contributed by atoms with Gasteiger partial charge in [0.15, 0.2) is 5.82 Å². The van der Waals surface area contributed by atoms with Crippen molar-refractivity contribution in [2.24, 2.45) is 0 Å². The van der Waals surface area contributed by atoms with E-state index in [9.17, 15) is 13.2 Å². The molecular weight excluding hydrogens is 395 g/mol. The summed E-state index contributed by atoms with van der Waals surface area (Å²) in [5.74, 6) is 1.40. The molecule has 7 nitrogen and oxygen atoms in total. The van der Waals surface area contributed by atoms with E-state index in [2.05, 4.69) is 30.0 Å². The number of piperidine rings is 1. The highest BCUT2D eigenvalue weighted by atomic mass is 19.4. The van der Waals surface area contributed by atoms with Gasteiger partial charge >= 0.3 is 6.18 Å². The van der Waals surface area contributed by atoms with Gasteiger partial charge < -0.3 is 4.90 Å². The third-order valence-electron chi connectivity index (χ3n) is 5.41. The van der Waals surface area contributed by atoms with Crippen LogP contribution in [0.2, 0.25) is 0 Å². The van der Waals surface area contributed by atoms with Crippen molar-refractivity contribution in [3.8, 4) is 11.5 Å². The zero-order valence-corrected chi connectivity index (χ0v) is 15.8. The maximum absolute atomic E-state index is 13.1. The number of alkyl halides is 3. The van der Waals surface area contributed by atoms with Crippen molar-refractivity contribution in [1.29, 1.82) is 0 Å². The van der Waals surface area contributed by atoms with Crippen molar-refractivity contribution in [2.75, 3.05) is 18.0 Å².